The topological polar surface area (TPSA) is 72.7 Å². The molecule has 0 saturated carbocycles. The van der Waals surface area contributed by atoms with Crippen LogP contribution in [0.2, 0.25) is 0 Å². The van der Waals surface area contributed by atoms with Gasteiger partial charge in [-0.25, -0.2) is 0 Å². The second-order valence-corrected chi connectivity index (χ2v) is 3.96. The summed E-state index contributed by atoms with van der Waals surface area (Å²) in [4.78, 5) is 0. The minimum Gasteiger partial charge on any atom is -0.504 e. The molecule has 2 rings (SSSR count). The predicted molar refractivity (Wildman–Crippen MR) is 60.4 cm³/mol. The first-order valence-corrected chi connectivity index (χ1v) is 5.29. The van der Waals surface area contributed by atoms with Crippen LogP contribution in [0, 0.1) is 0 Å². The molecule has 4 heteroatoms. The van der Waals surface area contributed by atoms with E-state index in [1.807, 2.05) is 0 Å². The lowest BCUT2D eigenvalue weighted by Gasteiger charge is -2.13. The molecule has 0 heterocycles. The molecule has 0 spiro atoms. The van der Waals surface area contributed by atoms with Crippen LogP contribution in [0.3, 0.4) is 0 Å². The predicted octanol–water partition coefficient (Wildman–Crippen LogP) is 1.61. The van der Waals surface area contributed by atoms with Gasteiger partial charge in [-0.05, 0) is 18.9 Å². The molecule has 0 atom stereocenters. The van der Waals surface area contributed by atoms with E-state index in [9.17, 15) is 10.2 Å². The van der Waals surface area contributed by atoms with Crippen LogP contribution in [0.4, 0.5) is 0 Å². The summed E-state index contributed by atoms with van der Waals surface area (Å²) in [6.07, 6.45) is 6.22. The van der Waals surface area contributed by atoms with Crippen molar-refractivity contribution in [3.05, 3.63) is 29.8 Å². The summed E-state index contributed by atoms with van der Waals surface area (Å²) in [5.41, 5.74) is 0.585. The normalized spacial score (nSPS) is 15.8. The molecular formula is C12H15NO3. The number of nitrogens with one attached hydrogen (secondary N) is 1. The van der Waals surface area contributed by atoms with E-state index in [4.69, 9.17) is 5.11 Å². The highest BCUT2D eigenvalue weighted by Crippen LogP contribution is 2.36. The van der Waals surface area contributed by atoms with Crippen LogP contribution in [-0.4, -0.2) is 21.4 Å². The third-order valence-electron chi connectivity index (χ3n) is 2.80. The van der Waals surface area contributed by atoms with Gasteiger partial charge in [-0.1, -0.05) is 18.2 Å². The van der Waals surface area contributed by atoms with E-state index in [1.54, 1.807) is 6.07 Å². The molecule has 0 aliphatic heterocycles. The van der Waals surface area contributed by atoms with Gasteiger partial charge in [0.15, 0.2) is 11.5 Å². The van der Waals surface area contributed by atoms with E-state index in [0.717, 1.165) is 12.8 Å². The molecule has 4 N–H and O–H groups in total. The molecule has 1 aromatic carbocycles. The Morgan fingerprint density at radius 3 is 2.44 bits per heavy atom. The molecule has 0 bridgehead atoms. The lowest BCUT2D eigenvalue weighted by molar-refractivity contribution is 0.363. The van der Waals surface area contributed by atoms with E-state index in [2.05, 4.69) is 17.5 Å². The standard InChI is InChI=1S/C12H15NO3/c14-10-6-5-8(11(15)12(10)16)7-13-9-3-1-2-4-9/h1-2,5-6,9,13-16H,3-4,7H2. The van der Waals surface area contributed by atoms with Gasteiger partial charge >= 0.3 is 0 Å². The van der Waals surface area contributed by atoms with Crippen LogP contribution in [0.5, 0.6) is 17.2 Å². The Bertz CT molecular complexity index is 407. The average Bonchev–Trinajstić information content (AvgIpc) is 2.78. The van der Waals surface area contributed by atoms with Crippen LogP contribution < -0.4 is 5.32 Å². The van der Waals surface area contributed by atoms with Gasteiger partial charge in [-0.15, -0.1) is 0 Å². The van der Waals surface area contributed by atoms with Crippen LogP contribution in [0.25, 0.3) is 0 Å². The van der Waals surface area contributed by atoms with Crippen LogP contribution in [-0.2, 0) is 6.54 Å². The smallest absolute Gasteiger partial charge is 0.200 e. The van der Waals surface area contributed by atoms with Crippen molar-refractivity contribution in [2.45, 2.75) is 25.4 Å². The molecule has 0 saturated heterocycles. The quantitative estimate of drug-likeness (QED) is 0.462. The molecule has 0 unspecified atom stereocenters. The second kappa shape index (κ2) is 4.45. The Morgan fingerprint density at radius 2 is 1.75 bits per heavy atom. The van der Waals surface area contributed by atoms with Gasteiger partial charge in [0, 0.05) is 18.2 Å². The maximum Gasteiger partial charge on any atom is 0.200 e. The highest BCUT2D eigenvalue weighted by molar-refractivity contribution is 5.53. The van der Waals surface area contributed by atoms with Crippen LogP contribution in [0.1, 0.15) is 18.4 Å². The van der Waals surface area contributed by atoms with Gasteiger partial charge in [-0.2, -0.15) is 0 Å². The third-order valence-corrected chi connectivity index (χ3v) is 2.80. The molecule has 1 aliphatic carbocycles. The summed E-state index contributed by atoms with van der Waals surface area (Å²) in [6.45, 7) is 0.478. The summed E-state index contributed by atoms with van der Waals surface area (Å²) in [7, 11) is 0. The first-order chi connectivity index (χ1) is 7.68. The zero-order valence-electron chi connectivity index (χ0n) is 8.85. The van der Waals surface area contributed by atoms with E-state index in [-0.39, 0.29) is 11.5 Å². The SMILES string of the molecule is Oc1ccc(CNC2CC=CC2)c(O)c1O. The van der Waals surface area contributed by atoms with Gasteiger partial charge in [0.25, 0.3) is 0 Å². The Hall–Kier alpha value is -1.68. The lowest BCUT2D eigenvalue weighted by Crippen LogP contribution is -2.25. The highest BCUT2D eigenvalue weighted by Gasteiger charge is 2.13. The van der Waals surface area contributed by atoms with E-state index in [1.165, 1.54) is 6.07 Å². The van der Waals surface area contributed by atoms with Crippen molar-refractivity contribution in [2.75, 3.05) is 0 Å². The Labute approximate surface area is 93.9 Å². The maximum absolute atomic E-state index is 9.59. The molecule has 1 aliphatic rings. The van der Waals surface area contributed by atoms with Crippen molar-refractivity contribution in [2.24, 2.45) is 0 Å². The first-order valence-electron chi connectivity index (χ1n) is 5.29. The number of phenolic OH excluding ortho intramolecular Hbond substituents is 3. The largest absolute Gasteiger partial charge is 0.504 e. The fourth-order valence-corrected chi connectivity index (χ4v) is 1.79. The van der Waals surface area contributed by atoms with Crippen molar-refractivity contribution in [1.82, 2.24) is 5.32 Å². The van der Waals surface area contributed by atoms with Gasteiger partial charge in [-0.3, -0.25) is 0 Å². The molecule has 0 fully saturated rings. The molecule has 16 heavy (non-hydrogen) atoms. The summed E-state index contributed by atoms with van der Waals surface area (Å²) in [6, 6.07) is 3.37. The number of aromatic hydroxyl groups is 3. The molecule has 1 aromatic rings. The maximum atomic E-state index is 9.59. The highest BCUT2D eigenvalue weighted by atomic mass is 16.3. The summed E-state index contributed by atoms with van der Waals surface area (Å²) >= 11 is 0. The van der Waals surface area contributed by atoms with E-state index < -0.39 is 5.75 Å². The Morgan fingerprint density at radius 1 is 1.06 bits per heavy atom. The number of phenols is 3. The summed E-state index contributed by atoms with van der Waals surface area (Å²) < 4.78 is 0. The van der Waals surface area contributed by atoms with Crippen LogP contribution >= 0.6 is 0 Å². The fourth-order valence-electron chi connectivity index (χ4n) is 1.79. The summed E-state index contributed by atoms with van der Waals surface area (Å²) in [5, 5.41) is 31.4. The summed E-state index contributed by atoms with van der Waals surface area (Å²) in [5.74, 6) is -1.01. The molecular weight excluding hydrogens is 206 g/mol. The van der Waals surface area contributed by atoms with Gasteiger partial charge in [0.05, 0.1) is 0 Å². The van der Waals surface area contributed by atoms with Crippen molar-refractivity contribution in [1.29, 1.82) is 0 Å². The molecule has 0 aromatic heterocycles. The number of rotatable bonds is 3. The lowest BCUT2D eigenvalue weighted by atomic mass is 10.1. The molecule has 4 nitrogen and oxygen atoms in total. The molecule has 0 radical (unpaired) electrons. The van der Waals surface area contributed by atoms with E-state index in [0.29, 0.717) is 18.2 Å². The minimum absolute atomic E-state index is 0.251. The Kier molecular flexibility index (Phi) is 3.01. The molecule has 0 amide bonds. The third kappa shape index (κ3) is 2.12. The van der Waals surface area contributed by atoms with Crippen molar-refractivity contribution in [3.8, 4) is 17.2 Å². The van der Waals surface area contributed by atoms with Gasteiger partial charge < -0.3 is 20.6 Å². The second-order valence-electron chi connectivity index (χ2n) is 3.96. The number of hydrogen-bond acceptors (Lipinski definition) is 4. The van der Waals surface area contributed by atoms with Gasteiger partial charge in [0.2, 0.25) is 5.75 Å². The van der Waals surface area contributed by atoms with Gasteiger partial charge in [0.1, 0.15) is 0 Å². The monoisotopic (exact) mass is 221 g/mol. The molecule has 86 valence electrons. The minimum atomic E-state index is -0.455. The van der Waals surface area contributed by atoms with Crippen LogP contribution in [0.15, 0.2) is 24.3 Å². The fraction of sp³-hybridized carbons (Fsp3) is 0.333. The average molecular weight is 221 g/mol. The van der Waals surface area contributed by atoms with Crippen molar-refractivity contribution in [3.63, 3.8) is 0 Å². The Balaban J connectivity index is 2.01. The van der Waals surface area contributed by atoms with Crippen molar-refractivity contribution < 1.29 is 15.3 Å². The number of hydrogen-bond donors (Lipinski definition) is 4. The zero-order valence-corrected chi connectivity index (χ0v) is 8.85. The van der Waals surface area contributed by atoms with Crippen molar-refractivity contribution >= 4 is 0 Å². The van der Waals surface area contributed by atoms with E-state index >= 15 is 0 Å². The first kappa shape index (κ1) is 10.8. The number of benzene rings is 1. The zero-order chi connectivity index (χ0) is 11.5.